The molecule has 39 heavy (non-hydrogen) atoms. The van der Waals surface area contributed by atoms with Crippen LogP contribution >= 0.6 is 0 Å². The Morgan fingerprint density at radius 2 is 1.23 bits per heavy atom. The molecule has 5 radical (unpaired) electrons. The van der Waals surface area contributed by atoms with E-state index in [9.17, 15) is 31.1 Å². The SMILES string of the molecule is C=C([C-]=O)Cc1cc(OC)ccc1OC.O=S(=O)(O)C(F)(F)F.O=S(=O)(O)C(F)(F)F.[C-]#[O+].[CH]1[CH][CH][CH][CH]1.[W+2]. The summed E-state index contributed by atoms with van der Waals surface area (Å²) in [6.45, 7) is 8.08. The minimum atomic E-state index is -5.84. The van der Waals surface area contributed by atoms with E-state index in [2.05, 4.69) is 13.2 Å². The molecule has 1 aliphatic rings. The number of carbonyl (C=O) groups excluding carboxylic acids is 1. The van der Waals surface area contributed by atoms with Gasteiger partial charge in [0.2, 0.25) is 0 Å². The molecule has 219 valence electrons. The van der Waals surface area contributed by atoms with Crippen molar-refractivity contribution < 1.29 is 92.3 Å². The van der Waals surface area contributed by atoms with Crippen LogP contribution in [0.1, 0.15) is 5.56 Å². The normalized spacial score (nSPS) is 12.5. The van der Waals surface area contributed by atoms with Crippen LogP contribution in [0.2, 0.25) is 0 Å². The summed E-state index contributed by atoms with van der Waals surface area (Å²) in [4.78, 5) is 10.4. The van der Waals surface area contributed by atoms with E-state index in [-0.39, 0.29) is 21.1 Å². The molecule has 0 heterocycles. The van der Waals surface area contributed by atoms with Gasteiger partial charge in [0.15, 0.2) is 0 Å². The van der Waals surface area contributed by atoms with Gasteiger partial charge in [-0.1, -0.05) is 0 Å². The first kappa shape index (κ1) is 44.1. The van der Waals surface area contributed by atoms with Crippen LogP contribution in [0.4, 0.5) is 26.3 Å². The van der Waals surface area contributed by atoms with E-state index in [0.29, 0.717) is 17.7 Å². The van der Waals surface area contributed by atoms with Gasteiger partial charge in [-0.05, 0) is 68.6 Å². The second-order valence-corrected chi connectivity index (χ2v) is 8.69. The molecule has 0 atom stereocenters. The van der Waals surface area contributed by atoms with Gasteiger partial charge in [0, 0.05) is 0 Å². The summed E-state index contributed by atoms with van der Waals surface area (Å²) >= 11 is 0. The average molecular weight is 782 g/mol. The van der Waals surface area contributed by atoms with Crippen molar-refractivity contribution in [2.75, 3.05) is 14.2 Å². The van der Waals surface area contributed by atoms with Crippen molar-refractivity contribution in [1.82, 2.24) is 0 Å². The van der Waals surface area contributed by atoms with Crippen molar-refractivity contribution in [1.29, 1.82) is 0 Å². The first-order valence-electron chi connectivity index (χ1n) is 8.92. The Morgan fingerprint density at radius 3 is 1.46 bits per heavy atom. The molecule has 0 amide bonds. The van der Waals surface area contributed by atoms with Gasteiger partial charge >= 0.3 is 63.6 Å². The minimum absolute atomic E-state index is 0. The number of benzene rings is 1. The number of alkyl halides is 6. The Balaban J connectivity index is -0.000000219. The van der Waals surface area contributed by atoms with Crippen LogP contribution in [-0.4, -0.2) is 57.5 Å². The monoisotopic (exact) mass is 782 g/mol. The Labute approximate surface area is 236 Å². The number of hydrogen-bond acceptors (Lipinski definition) is 7. The van der Waals surface area contributed by atoms with Gasteiger partial charge < -0.3 is 14.3 Å². The summed E-state index contributed by atoms with van der Waals surface area (Å²) in [6, 6.07) is 5.42. The smallest absolute Gasteiger partial charge is 0.0312 e. The summed E-state index contributed by atoms with van der Waals surface area (Å²) in [5.41, 5.74) is -9.81. The Morgan fingerprint density at radius 1 is 0.897 bits per heavy atom. The third-order valence-corrected chi connectivity index (χ3v) is 4.35. The molecule has 1 saturated carbocycles. The zero-order chi connectivity index (χ0) is 30.8. The van der Waals surface area contributed by atoms with Gasteiger partial charge in [-0.15, -0.1) is 0 Å². The van der Waals surface area contributed by atoms with Crippen LogP contribution in [-0.2, 0) is 57.2 Å². The van der Waals surface area contributed by atoms with E-state index < -0.39 is 31.3 Å². The van der Waals surface area contributed by atoms with Crippen LogP contribution in [0.15, 0.2) is 30.4 Å². The molecule has 2 N–H and O–H groups in total. The molecule has 1 aliphatic carbocycles. The third kappa shape index (κ3) is 21.5. The van der Waals surface area contributed by atoms with Crippen LogP contribution in [0.5, 0.6) is 11.5 Å². The average Bonchev–Trinajstić information content (AvgIpc) is 3.39. The molecule has 2 rings (SSSR count). The van der Waals surface area contributed by atoms with E-state index in [1.54, 1.807) is 32.6 Å². The van der Waals surface area contributed by atoms with Gasteiger partial charge in [-0.3, -0.25) is 9.11 Å². The largest absolute Gasteiger partial charge is 2.00 e. The zero-order valence-electron chi connectivity index (χ0n) is 19.7. The maximum atomic E-state index is 10.7. The van der Waals surface area contributed by atoms with Crippen LogP contribution < -0.4 is 9.47 Å². The van der Waals surface area contributed by atoms with E-state index >= 15 is 0 Å². The van der Waals surface area contributed by atoms with E-state index in [1.165, 1.54) is 0 Å². The number of halogens is 6. The molecular weight excluding hydrogens is 762 g/mol. The fourth-order valence-corrected chi connectivity index (χ4v) is 1.61. The zero-order valence-corrected chi connectivity index (χ0v) is 24.3. The van der Waals surface area contributed by atoms with Crippen molar-refractivity contribution in [2.45, 2.75) is 17.4 Å². The molecule has 10 nitrogen and oxygen atoms in total. The Hall–Kier alpha value is -1.94. The number of methoxy groups -OCH3 is 2. The first-order chi connectivity index (χ1) is 17.2. The second kappa shape index (κ2) is 20.9. The van der Waals surface area contributed by atoms with Crippen LogP contribution in [0, 0.1) is 38.8 Å². The predicted molar refractivity (Wildman–Crippen MR) is 119 cm³/mol. The van der Waals surface area contributed by atoms with E-state index in [1.807, 2.05) is 38.2 Å². The number of hydrogen-bond donors (Lipinski definition) is 2. The topological polar surface area (TPSA) is 164 Å². The van der Waals surface area contributed by atoms with Gasteiger partial charge in [0.25, 0.3) is 0 Å². The summed E-state index contributed by atoms with van der Waals surface area (Å²) < 4.78 is 133. The molecule has 0 spiro atoms. The molecule has 19 heteroatoms. The van der Waals surface area contributed by atoms with Crippen LogP contribution in [0.3, 0.4) is 0 Å². The predicted octanol–water partition coefficient (Wildman–Crippen LogP) is 3.68. The second-order valence-electron chi connectivity index (χ2n) is 5.86. The summed E-state index contributed by atoms with van der Waals surface area (Å²) in [5, 5.41) is 0. The summed E-state index contributed by atoms with van der Waals surface area (Å²) in [6.07, 6.45) is 12.2. The molecule has 1 aromatic rings. The van der Waals surface area contributed by atoms with Crippen molar-refractivity contribution in [3.8, 4) is 11.5 Å². The molecular formula is C20H20F6O10S2W+. The van der Waals surface area contributed by atoms with Crippen molar-refractivity contribution >= 4 is 26.5 Å². The first-order valence-corrected chi connectivity index (χ1v) is 11.8. The minimum Gasteiger partial charge on any atom is -0.0312 e. The summed E-state index contributed by atoms with van der Waals surface area (Å²) in [7, 11) is -8.51. The molecule has 0 aliphatic heterocycles. The fraction of sp³-hybridized carbons (Fsp3) is 0.250. The van der Waals surface area contributed by atoms with Crippen molar-refractivity contribution in [2.24, 2.45) is 0 Å². The van der Waals surface area contributed by atoms with Crippen molar-refractivity contribution in [3.05, 3.63) is 74.7 Å². The maximum Gasteiger partial charge on any atom is 2.00 e. The summed E-state index contributed by atoms with van der Waals surface area (Å²) in [5.74, 6) is 1.44. The number of ether oxygens (including phenoxy) is 2. The van der Waals surface area contributed by atoms with Gasteiger partial charge in [-0.25, -0.2) is 6.58 Å². The fourth-order valence-electron chi connectivity index (χ4n) is 1.61. The number of rotatable bonds is 5. The maximum absolute atomic E-state index is 10.7. The van der Waals surface area contributed by atoms with Gasteiger partial charge in [-0.2, -0.15) is 48.8 Å². The van der Waals surface area contributed by atoms with Gasteiger partial charge in [0.1, 0.15) is 11.5 Å². The number of allylic oxidation sites excluding steroid dienone is 1. The molecule has 0 saturated heterocycles. The van der Waals surface area contributed by atoms with E-state index in [4.69, 9.17) is 40.1 Å². The molecule has 0 aromatic heterocycles. The van der Waals surface area contributed by atoms with E-state index in [0.717, 1.165) is 11.3 Å². The molecule has 0 unspecified atom stereocenters. The Bertz CT molecular complexity index is 1030. The van der Waals surface area contributed by atoms with Gasteiger partial charge in [0.05, 0.1) is 14.2 Å². The Kier molecular flexibility index (Phi) is 23.6. The molecule has 0 bridgehead atoms. The third-order valence-electron chi connectivity index (χ3n) is 3.18. The quantitative estimate of drug-likeness (QED) is 0.113. The molecule has 1 fully saturated rings. The van der Waals surface area contributed by atoms with Crippen molar-refractivity contribution in [3.63, 3.8) is 0 Å². The molecule has 1 aromatic carbocycles. The standard InChI is InChI=1S/C12H13O3.C5H5.2CHF3O3S.CO.W/c1-9(8-13)6-10-7-11(14-2)4-5-12(10)15-3;1-2-4-5-3-1;2*2-1(3,4)8(5,6)7;1-2;/h4-5,7H,1,6H2,2-3H3;1-5H;2*(H,5,6,7);;/q-1;;;;;+2. The van der Waals surface area contributed by atoms with Crippen LogP contribution in [0.25, 0.3) is 0 Å².